The van der Waals surface area contributed by atoms with Crippen LogP contribution in [0.3, 0.4) is 0 Å². The van der Waals surface area contributed by atoms with Gasteiger partial charge in [0.25, 0.3) is 0 Å². The van der Waals surface area contributed by atoms with Crippen LogP contribution in [0.2, 0.25) is 0 Å². The minimum atomic E-state index is -0.989. The van der Waals surface area contributed by atoms with Crippen LogP contribution in [0.25, 0.3) is 0 Å². The van der Waals surface area contributed by atoms with Gasteiger partial charge in [0, 0.05) is 0 Å². The van der Waals surface area contributed by atoms with Gasteiger partial charge in [-0.05, 0) is 13.3 Å². The molecule has 0 aromatic carbocycles. The molecule has 70 valence electrons. The second-order valence-electron chi connectivity index (χ2n) is 2.55. The van der Waals surface area contributed by atoms with Crippen molar-refractivity contribution in [3.8, 4) is 0 Å². The Morgan fingerprint density at radius 2 is 2.08 bits per heavy atom. The Kier molecular flexibility index (Phi) is 12.4. The second-order valence-corrected chi connectivity index (χ2v) is 2.55. The molecule has 0 fully saturated rings. The quantitative estimate of drug-likeness (QED) is 0.393. The number of rotatable bonds is 5. The Morgan fingerprint density at radius 3 is 2.50 bits per heavy atom. The van der Waals surface area contributed by atoms with Crippen molar-refractivity contribution in [1.29, 1.82) is 0 Å². The summed E-state index contributed by atoms with van der Waals surface area (Å²) >= 11 is 0. The van der Waals surface area contributed by atoms with Crippen LogP contribution >= 0.6 is 0 Å². The molecule has 1 N–H and O–H groups in total. The maximum absolute atomic E-state index is 10.6. The normalized spacial score (nSPS) is 11.6. The Bertz CT molecular complexity index is 115. The molecule has 0 amide bonds. The van der Waals surface area contributed by atoms with Crippen molar-refractivity contribution in [2.45, 2.75) is 39.2 Å². The Hall–Kier alpha value is 0.690. The van der Waals surface area contributed by atoms with Crippen molar-refractivity contribution in [3.63, 3.8) is 0 Å². The van der Waals surface area contributed by atoms with E-state index in [1.165, 1.54) is 6.92 Å². The van der Waals surface area contributed by atoms with E-state index in [2.05, 4.69) is 6.92 Å². The predicted molar refractivity (Wildman–Crippen MR) is 50.7 cm³/mol. The van der Waals surface area contributed by atoms with Crippen molar-refractivity contribution in [1.82, 2.24) is 0 Å². The van der Waals surface area contributed by atoms with Gasteiger partial charge < -0.3 is 9.84 Å². The molecule has 0 aliphatic carbocycles. The zero-order chi connectivity index (χ0) is 8.69. The fourth-order valence-electron chi connectivity index (χ4n) is 0.645. The molecule has 0 rings (SSSR count). The topological polar surface area (TPSA) is 46.5 Å². The number of hydrogen-bond donors (Lipinski definition) is 1. The molecule has 0 aromatic heterocycles. The van der Waals surface area contributed by atoms with Gasteiger partial charge in [0.2, 0.25) is 0 Å². The first-order chi connectivity index (χ1) is 5.18. The molecule has 4 heteroatoms. The number of carbonyl (C=O) groups is 1. The van der Waals surface area contributed by atoms with Gasteiger partial charge in [-0.1, -0.05) is 19.8 Å². The van der Waals surface area contributed by atoms with Gasteiger partial charge in [0.1, 0.15) is 6.10 Å². The summed E-state index contributed by atoms with van der Waals surface area (Å²) in [6.07, 6.45) is 2.06. The van der Waals surface area contributed by atoms with Gasteiger partial charge in [0.05, 0.1) is 6.61 Å². The third-order valence-electron chi connectivity index (χ3n) is 1.33. The molecule has 0 heterocycles. The summed E-state index contributed by atoms with van der Waals surface area (Å²) in [4.78, 5) is 10.6. The van der Waals surface area contributed by atoms with Crippen molar-refractivity contribution in [3.05, 3.63) is 0 Å². The summed E-state index contributed by atoms with van der Waals surface area (Å²) in [5, 5.41) is 8.70. The van der Waals surface area contributed by atoms with E-state index in [-0.39, 0.29) is 37.7 Å². The standard InChI is InChI=1S/C8H16O3.Ca.2H/c1-3-4-5-6-11-8(10)7(2)9;;;/h7,9H,3-6H2,1-2H3;;;. The Balaban J connectivity index is 0. The van der Waals surface area contributed by atoms with Gasteiger partial charge >= 0.3 is 43.7 Å². The van der Waals surface area contributed by atoms with Crippen LogP contribution in [0, 0.1) is 0 Å². The fraction of sp³-hybridized carbons (Fsp3) is 0.875. The van der Waals surface area contributed by atoms with E-state index in [4.69, 9.17) is 9.84 Å². The Morgan fingerprint density at radius 1 is 1.50 bits per heavy atom. The monoisotopic (exact) mass is 202 g/mol. The average Bonchev–Trinajstić information content (AvgIpc) is 1.97. The van der Waals surface area contributed by atoms with Crippen molar-refractivity contribution < 1.29 is 14.6 Å². The summed E-state index contributed by atoms with van der Waals surface area (Å²) in [6, 6.07) is 0. The third kappa shape index (κ3) is 8.78. The number of ether oxygens (including phenoxy) is 1. The molecule has 1 unspecified atom stereocenters. The number of esters is 1. The van der Waals surface area contributed by atoms with E-state index < -0.39 is 12.1 Å². The molecule has 12 heavy (non-hydrogen) atoms. The molecule has 0 aliphatic heterocycles. The summed E-state index contributed by atoms with van der Waals surface area (Å²) < 4.78 is 4.72. The molecule has 0 saturated carbocycles. The molecular weight excluding hydrogens is 184 g/mol. The molecule has 0 aromatic rings. The van der Waals surface area contributed by atoms with Crippen LogP contribution in [-0.4, -0.2) is 61.5 Å². The number of unbranched alkanes of at least 4 members (excludes halogenated alkanes) is 2. The van der Waals surface area contributed by atoms with E-state index in [1.54, 1.807) is 0 Å². The van der Waals surface area contributed by atoms with Gasteiger partial charge in [-0.3, -0.25) is 0 Å². The molecular formula is C8H18CaO3. The van der Waals surface area contributed by atoms with Crippen LogP contribution in [0.4, 0.5) is 0 Å². The van der Waals surface area contributed by atoms with E-state index >= 15 is 0 Å². The van der Waals surface area contributed by atoms with E-state index in [9.17, 15) is 4.79 Å². The van der Waals surface area contributed by atoms with Crippen molar-refractivity contribution >= 4 is 43.7 Å². The molecule has 0 spiro atoms. The van der Waals surface area contributed by atoms with Gasteiger partial charge in [0.15, 0.2) is 0 Å². The third-order valence-corrected chi connectivity index (χ3v) is 1.33. The van der Waals surface area contributed by atoms with Crippen LogP contribution in [0.15, 0.2) is 0 Å². The first-order valence-electron chi connectivity index (χ1n) is 4.03. The van der Waals surface area contributed by atoms with E-state index in [0.717, 1.165) is 19.3 Å². The Labute approximate surface area is 103 Å². The average molecular weight is 202 g/mol. The zero-order valence-electron chi connectivity index (χ0n) is 7.17. The predicted octanol–water partition coefficient (Wildman–Crippen LogP) is 0.184. The SMILES string of the molecule is CCCCCOC(=O)C(C)O.[CaH2]. The molecule has 3 nitrogen and oxygen atoms in total. The zero-order valence-corrected chi connectivity index (χ0v) is 7.17. The van der Waals surface area contributed by atoms with Gasteiger partial charge in [-0.15, -0.1) is 0 Å². The summed E-state index contributed by atoms with van der Waals surface area (Å²) in [5.41, 5.74) is 0. The first kappa shape index (κ1) is 15.2. The van der Waals surface area contributed by atoms with Crippen molar-refractivity contribution in [2.75, 3.05) is 6.61 Å². The van der Waals surface area contributed by atoms with Crippen LogP contribution in [-0.2, 0) is 9.53 Å². The molecule has 0 aliphatic rings. The fourth-order valence-corrected chi connectivity index (χ4v) is 0.645. The van der Waals surface area contributed by atoms with Crippen LogP contribution < -0.4 is 0 Å². The second kappa shape index (κ2) is 9.78. The van der Waals surface area contributed by atoms with Gasteiger partial charge in [-0.2, -0.15) is 0 Å². The summed E-state index contributed by atoms with van der Waals surface area (Å²) in [6.45, 7) is 3.91. The van der Waals surface area contributed by atoms with E-state index in [0.29, 0.717) is 6.61 Å². The molecule has 0 bridgehead atoms. The summed E-state index contributed by atoms with van der Waals surface area (Å²) in [7, 11) is 0. The summed E-state index contributed by atoms with van der Waals surface area (Å²) in [5.74, 6) is -0.527. The number of hydrogen-bond acceptors (Lipinski definition) is 3. The van der Waals surface area contributed by atoms with Crippen molar-refractivity contribution in [2.24, 2.45) is 0 Å². The van der Waals surface area contributed by atoms with E-state index in [1.807, 2.05) is 0 Å². The first-order valence-corrected chi connectivity index (χ1v) is 4.03. The minimum absolute atomic E-state index is 0. The maximum atomic E-state index is 10.6. The van der Waals surface area contributed by atoms with Crippen LogP contribution in [0.5, 0.6) is 0 Å². The molecule has 0 saturated heterocycles. The van der Waals surface area contributed by atoms with Gasteiger partial charge in [-0.25, -0.2) is 4.79 Å². The molecule has 0 radical (unpaired) electrons. The number of carbonyl (C=O) groups excluding carboxylic acids is 1. The molecule has 1 atom stereocenters. The number of aliphatic hydroxyl groups excluding tert-OH is 1. The van der Waals surface area contributed by atoms with Crippen LogP contribution in [0.1, 0.15) is 33.1 Å². The number of aliphatic hydroxyl groups is 1.